The van der Waals surface area contributed by atoms with Gasteiger partial charge in [0.15, 0.2) is 0 Å². The number of allylic oxidation sites excluding steroid dienone is 5. The van der Waals surface area contributed by atoms with Crippen LogP contribution in [0.3, 0.4) is 0 Å². The maximum absolute atomic E-state index is 11.4. The van der Waals surface area contributed by atoms with Gasteiger partial charge >= 0.3 is 5.97 Å². The highest BCUT2D eigenvalue weighted by Crippen LogP contribution is 2.13. The molecule has 0 aliphatic heterocycles. The topological polar surface area (TPSA) is 75.1 Å². The second-order valence-corrected chi connectivity index (χ2v) is 8.18. The van der Waals surface area contributed by atoms with E-state index in [2.05, 4.69) is 61.2 Å². The summed E-state index contributed by atoms with van der Waals surface area (Å²) in [5, 5.41) is 12.2. The van der Waals surface area contributed by atoms with Crippen molar-refractivity contribution in [1.29, 1.82) is 0 Å². The Morgan fingerprint density at radius 2 is 1.68 bits per heavy atom. The van der Waals surface area contributed by atoms with Gasteiger partial charge in [-0.3, -0.25) is 0 Å². The molecule has 0 aliphatic carbocycles. The van der Waals surface area contributed by atoms with Crippen LogP contribution in [0.1, 0.15) is 53.4 Å². The van der Waals surface area contributed by atoms with E-state index < -0.39 is 12.0 Å². The van der Waals surface area contributed by atoms with Crippen molar-refractivity contribution in [3.63, 3.8) is 0 Å². The van der Waals surface area contributed by atoms with Crippen molar-refractivity contribution in [3.8, 4) is 0 Å². The fraction of sp³-hybridized carbons (Fsp3) is 0.500. The predicted molar refractivity (Wildman–Crippen MR) is 120 cm³/mol. The Bertz CT molecular complexity index is 680. The summed E-state index contributed by atoms with van der Waals surface area (Å²) in [5.74, 6) is 0.708. The minimum absolute atomic E-state index is 0.342. The molecule has 5 nitrogen and oxygen atoms in total. The van der Waals surface area contributed by atoms with Crippen molar-refractivity contribution in [1.82, 2.24) is 9.97 Å². The quantitative estimate of drug-likeness (QED) is 0.335. The largest absolute Gasteiger partial charge is 0.480 e. The van der Waals surface area contributed by atoms with Crippen LogP contribution in [0.25, 0.3) is 0 Å². The van der Waals surface area contributed by atoms with Crippen LogP contribution in [-0.2, 0) is 4.79 Å². The third-order valence-electron chi connectivity index (χ3n) is 4.12. The zero-order chi connectivity index (χ0) is 20.8. The minimum atomic E-state index is -0.894. The molecule has 1 heterocycles. The maximum Gasteiger partial charge on any atom is 0.327 e. The van der Waals surface area contributed by atoms with Gasteiger partial charge in [0.2, 0.25) is 5.95 Å². The lowest BCUT2D eigenvalue weighted by Gasteiger charge is -2.13. The standard InChI is InChI=1S/C22H33N3O2S/c1-17(2)8-5-9-18(3)10-6-11-19(4)12-15-28-16-20(21(26)27)25-22-23-13-7-14-24-22/h7-8,10,12-14,20H,5-6,9,11,15-16H2,1-4H3,(H,26,27)(H,23,24,25)/t20-/m0/s1. The van der Waals surface area contributed by atoms with Crippen LogP contribution in [0, 0.1) is 0 Å². The molecule has 1 aromatic heterocycles. The molecule has 2 N–H and O–H groups in total. The molecule has 0 saturated heterocycles. The van der Waals surface area contributed by atoms with E-state index in [9.17, 15) is 9.90 Å². The van der Waals surface area contributed by atoms with Crippen LogP contribution < -0.4 is 5.32 Å². The van der Waals surface area contributed by atoms with Gasteiger partial charge in [0.05, 0.1) is 0 Å². The number of carboxylic acids is 1. The number of anilines is 1. The van der Waals surface area contributed by atoms with E-state index in [1.165, 1.54) is 16.7 Å². The molecule has 0 unspecified atom stereocenters. The van der Waals surface area contributed by atoms with Gasteiger partial charge in [-0.15, -0.1) is 0 Å². The number of hydrogen-bond acceptors (Lipinski definition) is 5. The first-order valence-electron chi connectivity index (χ1n) is 9.67. The molecule has 0 bridgehead atoms. The van der Waals surface area contributed by atoms with Crippen LogP contribution in [0.2, 0.25) is 0 Å². The Hall–Kier alpha value is -2.08. The summed E-state index contributed by atoms with van der Waals surface area (Å²) in [4.78, 5) is 19.4. The number of carbonyl (C=O) groups is 1. The Morgan fingerprint density at radius 3 is 2.29 bits per heavy atom. The molecule has 1 rings (SSSR count). The van der Waals surface area contributed by atoms with Crippen molar-refractivity contribution in [2.24, 2.45) is 0 Å². The second kappa shape index (κ2) is 14.0. The molecule has 154 valence electrons. The Kier molecular flexibility index (Phi) is 12.0. The number of nitrogens with zero attached hydrogens (tertiary/aromatic N) is 2. The zero-order valence-corrected chi connectivity index (χ0v) is 18.3. The van der Waals surface area contributed by atoms with Crippen LogP contribution in [0.15, 0.2) is 53.4 Å². The summed E-state index contributed by atoms with van der Waals surface area (Å²) in [6.07, 6.45) is 14.3. The van der Waals surface area contributed by atoms with Crippen LogP contribution >= 0.6 is 11.8 Å². The lowest BCUT2D eigenvalue weighted by atomic mass is 10.1. The first-order chi connectivity index (χ1) is 13.4. The molecule has 0 saturated carbocycles. The van der Waals surface area contributed by atoms with Gasteiger partial charge in [0.1, 0.15) is 6.04 Å². The fourth-order valence-corrected chi connectivity index (χ4v) is 3.43. The first kappa shape index (κ1) is 24.0. The Balaban J connectivity index is 2.30. The van der Waals surface area contributed by atoms with Crippen molar-refractivity contribution in [2.75, 3.05) is 16.8 Å². The third-order valence-corrected chi connectivity index (χ3v) is 5.10. The normalized spacial score (nSPS) is 13.1. The molecule has 0 amide bonds. The smallest absolute Gasteiger partial charge is 0.327 e. The van der Waals surface area contributed by atoms with Crippen molar-refractivity contribution in [2.45, 2.75) is 59.4 Å². The molecule has 0 fully saturated rings. The SMILES string of the molecule is CC(C)=CCCC(C)=CCCC(C)=CCSC[C@H](Nc1ncccn1)C(=O)O. The van der Waals surface area contributed by atoms with Gasteiger partial charge in [-0.2, -0.15) is 11.8 Å². The number of carboxylic acid groups (broad SMARTS) is 1. The molecule has 0 spiro atoms. The predicted octanol–water partition coefficient (Wildman–Crippen LogP) is 5.49. The minimum Gasteiger partial charge on any atom is -0.480 e. The lowest BCUT2D eigenvalue weighted by molar-refractivity contribution is -0.137. The number of thioether (sulfide) groups is 1. The van der Waals surface area contributed by atoms with Crippen molar-refractivity contribution >= 4 is 23.7 Å². The van der Waals surface area contributed by atoms with Gasteiger partial charge < -0.3 is 10.4 Å². The van der Waals surface area contributed by atoms with E-state index in [1.54, 1.807) is 30.2 Å². The van der Waals surface area contributed by atoms with E-state index >= 15 is 0 Å². The highest BCUT2D eigenvalue weighted by Gasteiger charge is 2.17. The second-order valence-electron chi connectivity index (χ2n) is 7.10. The molecule has 0 aromatic carbocycles. The first-order valence-corrected chi connectivity index (χ1v) is 10.8. The summed E-state index contributed by atoms with van der Waals surface area (Å²) in [7, 11) is 0. The number of aromatic nitrogens is 2. The molecule has 0 radical (unpaired) electrons. The molecule has 1 atom stereocenters. The van der Waals surface area contributed by atoms with Gasteiger partial charge in [-0.1, -0.05) is 34.9 Å². The van der Waals surface area contributed by atoms with Crippen molar-refractivity contribution in [3.05, 3.63) is 53.4 Å². The van der Waals surface area contributed by atoms with Crippen LogP contribution in [0.5, 0.6) is 0 Å². The van der Waals surface area contributed by atoms with Gasteiger partial charge in [0.25, 0.3) is 0 Å². The molecule has 28 heavy (non-hydrogen) atoms. The van der Waals surface area contributed by atoms with E-state index in [0.717, 1.165) is 31.4 Å². The zero-order valence-electron chi connectivity index (χ0n) is 17.4. The summed E-state index contributed by atoms with van der Waals surface area (Å²) < 4.78 is 0. The van der Waals surface area contributed by atoms with E-state index in [-0.39, 0.29) is 0 Å². The molecular weight excluding hydrogens is 370 g/mol. The number of rotatable bonds is 13. The summed E-state index contributed by atoms with van der Waals surface area (Å²) in [6.45, 7) is 8.60. The summed E-state index contributed by atoms with van der Waals surface area (Å²) >= 11 is 1.59. The van der Waals surface area contributed by atoms with Crippen molar-refractivity contribution < 1.29 is 9.90 Å². The number of nitrogens with one attached hydrogen (secondary N) is 1. The van der Waals surface area contributed by atoms with E-state index in [1.807, 2.05) is 0 Å². The van der Waals surface area contributed by atoms with E-state index in [0.29, 0.717) is 11.7 Å². The molecular formula is C22H33N3O2S. The van der Waals surface area contributed by atoms with Crippen LogP contribution in [0.4, 0.5) is 5.95 Å². The fourth-order valence-electron chi connectivity index (χ4n) is 2.43. The van der Waals surface area contributed by atoms with Gasteiger partial charge in [-0.25, -0.2) is 14.8 Å². The molecule has 0 aliphatic rings. The Morgan fingerprint density at radius 1 is 1.07 bits per heavy atom. The third kappa shape index (κ3) is 11.6. The van der Waals surface area contributed by atoms with Gasteiger partial charge in [-0.05, 0) is 59.4 Å². The highest BCUT2D eigenvalue weighted by atomic mass is 32.2. The number of hydrogen-bond donors (Lipinski definition) is 2. The maximum atomic E-state index is 11.4. The average Bonchev–Trinajstić information content (AvgIpc) is 2.64. The van der Waals surface area contributed by atoms with Gasteiger partial charge in [0, 0.05) is 23.9 Å². The Labute approximate surface area is 173 Å². The molecule has 1 aromatic rings. The highest BCUT2D eigenvalue weighted by molar-refractivity contribution is 7.99. The monoisotopic (exact) mass is 403 g/mol. The van der Waals surface area contributed by atoms with Crippen LogP contribution in [-0.4, -0.2) is 38.6 Å². The van der Waals surface area contributed by atoms with E-state index in [4.69, 9.17) is 0 Å². The average molecular weight is 404 g/mol. The number of aliphatic carboxylic acids is 1. The summed E-state index contributed by atoms with van der Waals surface area (Å²) in [6, 6.07) is 0.996. The molecule has 6 heteroatoms. The lowest BCUT2D eigenvalue weighted by Crippen LogP contribution is -2.32. The summed E-state index contributed by atoms with van der Waals surface area (Å²) in [5.41, 5.74) is 4.16.